The molecule has 0 heterocycles. The van der Waals surface area contributed by atoms with Gasteiger partial charge in [0.15, 0.2) is 0 Å². The third-order valence-corrected chi connectivity index (χ3v) is 3.25. The van der Waals surface area contributed by atoms with Crippen LogP contribution >= 0.6 is 25.3 Å². The maximum absolute atomic E-state index is 11.8. The Morgan fingerprint density at radius 2 is 1.09 bits per heavy atom. The molecule has 4 N–H and O–H groups in total. The zero-order valence-corrected chi connectivity index (χ0v) is 14.3. The highest BCUT2D eigenvalue weighted by Gasteiger charge is 2.26. The molecule has 0 aromatic rings. The Morgan fingerprint density at radius 1 is 0.773 bits per heavy atom. The Kier molecular flexibility index (Phi) is 10.5. The largest absolute Gasteiger partial charge is 0.355 e. The minimum absolute atomic E-state index is 0.0389. The first kappa shape index (κ1) is 20.6. The minimum atomic E-state index is -1.01. The maximum Gasteiger partial charge on any atom is 0.310 e. The van der Waals surface area contributed by atoms with E-state index in [2.05, 4.69) is 46.5 Å². The summed E-state index contributed by atoms with van der Waals surface area (Å²) in [6.07, 6.45) is 0. The Morgan fingerprint density at radius 3 is 1.32 bits per heavy atom. The quantitative estimate of drug-likeness (QED) is 0.226. The zero-order chi connectivity index (χ0) is 17.1. The summed E-state index contributed by atoms with van der Waals surface area (Å²) >= 11 is 7.91. The Bertz CT molecular complexity index is 382. The lowest BCUT2D eigenvalue weighted by atomic mass is 10.2. The second-order valence-electron chi connectivity index (χ2n) is 4.21. The van der Waals surface area contributed by atoms with Gasteiger partial charge in [-0.05, 0) is 13.8 Å². The normalized spacial score (nSPS) is 12.7. The number of carbonyl (C=O) groups is 4. The van der Waals surface area contributed by atoms with Gasteiger partial charge in [-0.2, -0.15) is 25.3 Å². The lowest BCUT2D eigenvalue weighted by molar-refractivity contribution is -0.141. The van der Waals surface area contributed by atoms with Crippen molar-refractivity contribution in [2.45, 2.75) is 25.9 Å². The number of carbonyl (C=O) groups excluding carboxylic acids is 4. The molecule has 0 aliphatic rings. The van der Waals surface area contributed by atoms with E-state index < -0.39 is 35.7 Å². The van der Waals surface area contributed by atoms with Crippen molar-refractivity contribution in [1.82, 2.24) is 21.3 Å². The summed E-state index contributed by atoms with van der Waals surface area (Å²) in [5.41, 5.74) is 0. The highest BCUT2D eigenvalue weighted by molar-refractivity contribution is 7.80. The zero-order valence-electron chi connectivity index (χ0n) is 12.5. The lowest BCUT2D eigenvalue weighted by Gasteiger charge is -2.18. The van der Waals surface area contributed by atoms with E-state index in [4.69, 9.17) is 0 Å². The van der Waals surface area contributed by atoms with Gasteiger partial charge in [-0.25, -0.2) is 0 Å². The topological polar surface area (TPSA) is 116 Å². The molecule has 0 aromatic carbocycles. The van der Waals surface area contributed by atoms with Crippen molar-refractivity contribution in [1.29, 1.82) is 0 Å². The first-order valence-corrected chi connectivity index (χ1v) is 8.06. The van der Waals surface area contributed by atoms with Crippen LogP contribution in [-0.2, 0) is 19.2 Å². The third kappa shape index (κ3) is 7.03. The summed E-state index contributed by atoms with van der Waals surface area (Å²) in [6.45, 7) is 4.24. The van der Waals surface area contributed by atoms with Gasteiger partial charge in [-0.1, -0.05) is 0 Å². The first-order chi connectivity index (χ1) is 10.4. The number of nitrogens with one attached hydrogen (secondary N) is 4. The van der Waals surface area contributed by atoms with Crippen LogP contribution in [0.25, 0.3) is 0 Å². The van der Waals surface area contributed by atoms with Crippen molar-refractivity contribution in [3.63, 3.8) is 0 Å². The molecule has 0 rings (SSSR count). The highest BCUT2D eigenvalue weighted by Crippen LogP contribution is 1.92. The molecule has 0 aliphatic heterocycles. The van der Waals surface area contributed by atoms with E-state index in [1.54, 1.807) is 13.8 Å². The summed E-state index contributed by atoms with van der Waals surface area (Å²) in [5, 5.41) is 9.55. The number of likely N-dealkylation sites (N-methyl/N-ethyl adjacent to an activating group) is 2. The van der Waals surface area contributed by atoms with Crippen molar-refractivity contribution in [2.75, 3.05) is 24.6 Å². The molecular formula is C12H22N4O4S2. The van der Waals surface area contributed by atoms with Crippen LogP contribution in [0.1, 0.15) is 13.8 Å². The maximum atomic E-state index is 11.8. The van der Waals surface area contributed by atoms with Crippen LogP contribution in [0.2, 0.25) is 0 Å². The van der Waals surface area contributed by atoms with Gasteiger partial charge in [0.25, 0.3) is 0 Å². The summed E-state index contributed by atoms with van der Waals surface area (Å²) in [7, 11) is 0. The van der Waals surface area contributed by atoms with E-state index in [1.807, 2.05) is 0 Å². The Labute approximate surface area is 140 Å². The van der Waals surface area contributed by atoms with Gasteiger partial charge < -0.3 is 21.3 Å². The summed E-state index contributed by atoms with van der Waals surface area (Å²) in [4.78, 5) is 46.8. The fourth-order valence-electron chi connectivity index (χ4n) is 1.43. The van der Waals surface area contributed by atoms with Gasteiger partial charge in [0.1, 0.15) is 12.1 Å². The molecule has 8 nitrogen and oxygen atoms in total. The van der Waals surface area contributed by atoms with Crippen LogP contribution < -0.4 is 21.3 Å². The third-order valence-electron chi connectivity index (χ3n) is 2.52. The van der Waals surface area contributed by atoms with Crippen molar-refractivity contribution in [3.05, 3.63) is 0 Å². The molecule has 0 fully saturated rings. The van der Waals surface area contributed by atoms with E-state index >= 15 is 0 Å². The van der Waals surface area contributed by atoms with E-state index in [0.29, 0.717) is 13.1 Å². The molecule has 0 saturated carbocycles. The Hall–Kier alpha value is -1.42. The molecule has 0 aliphatic carbocycles. The van der Waals surface area contributed by atoms with Crippen molar-refractivity contribution >= 4 is 48.9 Å². The molecule has 0 radical (unpaired) electrons. The van der Waals surface area contributed by atoms with E-state index in [0.717, 1.165) is 0 Å². The molecule has 0 saturated heterocycles. The van der Waals surface area contributed by atoms with Crippen LogP contribution in [-0.4, -0.2) is 60.3 Å². The van der Waals surface area contributed by atoms with Gasteiger partial charge >= 0.3 is 11.8 Å². The molecule has 2 unspecified atom stereocenters. The van der Waals surface area contributed by atoms with Gasteiger partial charge in [0.05, 0.1) is 0 Å². The number of thiol groups is 2. The molecule has 10 heteroatoms. The minimum Gasteiger partial charge on any atom is -0.355 e. The summed E-state index contributed by atoms with van der Waals surface area (Å²) < 4.78 is 0. The number of hydrogen-bond donors (Lipinski definition) is 6. The molecule has 2 atom stereocenters. The average Bonchev–Trinajstić information content (AvgIpc) is 2.49. The molecule has 126 valence electrons. The average molecular weight is 350 g/mol. The Balaban J connectivity index is 4.61. The van der Waals surface area contributed by atoms with E-state index in [-0.39, 0.29) is 11.5 Å². The summed E-state index contributed by atoms with van der Waals surface area (Å²) in [6, 6.07) is -1.86. The standard InChI is InChI=1S/C12H22N4O4S2/c1-3-13-9(17)7(5-21)15-11(19)12(20)16-8(6-22)10(18)14-4-2/h7-8,21-22H,3-6H2,1-2H3,(H,13,17)(H,14,18)(H,15,19)(H,16,20). The van der Waals surface area contributed by atoms with Crippen LogP contribution in [0.15, 0.2) is 0 Å². The van der Waals surface area contributed by atoms with Gasteiger partial charge in [-0.15, -0.1) is 0 Å². The van der Waals surface area contributed by atoms with Crippen molar-refractivity contribution in [2.24, 2.45) is 0 Å². The second-order valence-corrected chi connectivity index (χ2v) is 4.94. The molecule has 0 spiro atoms. The molecule has 4 amide bonds. The molecule has 0 bridgehead atoms. The monoisotopic (exact) mass is 350 g/mol. The van der Waals surface area contributed by atoms with Gasteiger partial charge in [0, 0.05) is 24.6 Å². The second kappa shape index (κ2) is 11.2. The van der Waals surface area contributed by atoms with Crippen LogP contribution in [0.3, 0.4) is 0 Å². The van der Waals surface area contributed by atoms with Crippen molar-refractivity contribution < 1.29 is 19.2 Å². The van der Waals surface area contributed by atoms with Crippen molar-refractivity contribution in [3.8, 4) is 0 Å². The van der Waals surface area contributed by atoms with Crippen LogP contribution in [0.4, 0.5) is 0 Å². The van der Waals surface area contributed by atoms with Gasteiger partial charge in [-0.3, -0.25) is 19.2 Å². The fraction of sp³-hybridized carbons (Fsp3) is 0.667. The fourth-order valence-corrected chi connectivity index (χ4v) is 1.94. The number of amides is 4. The first-order valence-electron chi connectivity index (χ1n) is 6.79. The molecule has 0 aromatic heterocycles. The SMILES string of the molecule is CCNC(=O)C(CS)NC(=O)C(=O)NC(CS)C(=O)NCC. The number of hydrogen-bond acceptors (Lipinski definition) is 6. The lowest BCUT2D eigenvalue weighted by Crippen LogP contribution is -2.55. The summed E-state index contributed by atoms with van der Waals surface area (Å²) in [5.74, 6) is -2.82. The van der Waals surface area contributed by atoms with Crippen LogP contribution in [0, 0.1) is 0 Å². The molecular weight excluding hydrogens is 328 g/mol. The molecule has 22 heavy (non-hydrogen) atoms. The smallest absolute Gasteiger partial charge is 0.310 e. The predicted octanol–water partition coefficient (Wildman–Crippen LogP) is -1.91. The predicted molar refractivity (Wildman–Crippen MR) is 88.9 cm³/mol. The van der Waals surface area contributed by atoms with Gasteiger partial charge in [0.2, 0.25) is 11.8 Å². The highest BCUT2D eigenvalue weighted by atomic mass is 32.1. The van der Waals surface area contributed by atoms with E-state index in [1.165, 1.54) is 0 Å². The van der Waals surface area contributed by atoms with E-state index in [9.17, 15) is 19.2 Å². The number of rotatable bonds is 8. The van der Waals surface area contributed by atoms with Crippen LogP contribution in [0.5, 0.6) is 0 Å².